The normalized spacial score (nSPS) is 10.0. The van der Waals surface area contributed by atoms with Crippen molar-refractivity contribution in [2.45, 2.75) is 164 Å². The van der Waals surface area contributed by atoms with Gasteiger partial charge in [-0.3, -0.25) is 10.1 Å². The first-order chi connectivity index (χ1) is 19.9. The molecule has 250 valence electrons. The summed E-state index contributed by atoms with van der Waals surface area (Å²) >= 11 is 0. The molecule has 0 fully saturated rings. The highest BCUT2D eigenvalue weighted by Crippen LogP contribution is 2.13. The lowest BCUT2D eigenvalue weighted by Gasteiger charge is -2.04. The van der Waals surface area contributed by atoms with Crippen LogP contribution in [-0.2, 0) is 19.1 Å². The fraction of sp³-hybridized carbons (Fsp3) is 0.941. The topological polar surface area (TPSA) is 84.9 Å². The van der Waals surface area contributed by atoms with Gasteiger partial charge in [-0.1, -0.05) is 124 Å². The monoisotopic (exact) mass is 608 g/mol. The molecule has 0 saturated heterocycles. The maximum absolute atomic E-state index is 10.4. The Kier molecular flexibility index (Phi) is 57.2. The van der Waals surface area contributed by atoms with Crippen molar-refractivity contribution >= 4 is 20.8 Å². The average molecular weight is 608 g/mol. The summed E-state index contributed by atoms with van der Waals surface area (Å²) < 4.78 is 10.1. The molecule has 0 aromatic heterocycles. The van der Waals surface area contributed by atoms with E-state index < -0.39 is 0 Å². The van der Waals surface area contributed by atoms with Gasteiger partial charge in [-0.05, 0) is 45.8 Å². The third-order valence-electron chi connectivity index (χ3n) is 5.94. The number of rotatable bonds is 27. The molecule has 0 aliphatic heterocycles. The molecule has 1 atom stereocenters. The number of hydrogen-bond donors (Lipinski definition) is 2. The van der Waals surface area contributed by atoms with Crippen LogP contribution < -0.4 is 5.32 Å². The molecular formula is C34H74NO5P. The van der Waals surface area contributed by atoms with E-state index >= 15 is 0 Å². The van der Waals surface area contributed by atoms with Crippen LogP contribution in [0.3, 0.4) is 0 Å². The highest BCUT2D eigenvalue weighted by molar-refractivity contribution is 7.16. The molecule has 2 N–H and O–H groups in total. The van der Waals surface area contributed by atoms with E-state index in [2.05, 4.69) is 35.3 Å². The van der Waals surface area contributed by atoms with Crippen molar-refractivity contribution < 1.29 is 24.2 Å². The zero-order valence-electron chi connectivity index (χ0n) is 28.5. The van der Waals surface area contributed by atoms with E-state index in [1.54, 1.807) is 6.92 Å². The second-order valence-electron chi connectivity index (χ2n) is 10.7. The van der Waals surface area contributed by atoms with E-state index in [-0.39, 0.29) is 24.9 Å². The van der Waals surface area contributed by atoms with Crippen molar-refractivity contribution in [2.75, 3.05) is 45.9 Å². The van der Waals surface area contributed by atoms with Crippen LogP contribution in [0.15, 0.2) is 0 Å². The third-order valence-corrected chi connectivity index (χ3v) is 6.35. The van der Waals surface area contributed by atoms with Gasteiger partial charge in [0.05, 0.1) is 19.9 Å². The largest absolute Gasteiger partial charge is 0.381 e. The zero-order chi connectivity index (χ0) is 31.7. The van der Waals surface area contributed by atoms with Gasteiger partial charge in [0.25, 0.3) is 0 Å². The minimum Gasteiger partial charge on any atom is -0.381 e. The Morgan fingerprint density at radius 1 is 0.610 bits per heavy atom. The highest BCUT2D eigenvalue weighted by atomic mass is 31.0. The van der Waals surface area contributed by atoms with Gasteiger partial charge in [0, 0.05) is 13.0 Å². The van der Waals surface area contributed by atoms with Crippen LogP contribution in [0.25, 0.3) is 0 Å². The number of carbonyl (C=O) groups excluding carboxylic acids is 2. The SMILES string of the molecule is CCC.CCC(C)=O.CCCOCCOCC(C)=O.OCNCCCCCCCCCCCCCCCCCCP. The first-order valence-corrected chi connectivity index (χ1v) is 17.8. The zero-order valence-corrected chi connectivity index (χ0v) is 29.7. The van der Waals surface area contributed by atoms with E-state index in [0.717, 1.165) is 19.6 Å². The summed E-state index contributed by atoms with van der Waals surface area (Å²) in [6.07, 6.45) is 26.8. The van der Waals surface area contributed by atoms with Crippen LogP contribution in [0.5, 0.6) is 0 Å². The van der Waals surface area contributed by atoms with Crippen molar-refractivity contribution in [3.63, 3.8) is 0 Å². The molecule has 0 rings (SSSR count). The number of aliphatic hydroxyl groups excluding tert-OH is 1. The molecule has 0 aromatic rings. The van der Waals surface area contributed by atoms with Gasteiger partial charge in [0.15, 0.2) is 5.78 Å². The van der Waals surface area contributed by atoms with Crippen LogP contribution in [0, 0.1) is 0 Å². The van der Waals surface area contributed by atoms with E-state index in [0.29, 0.717) is 19.6 Å². The Hall–Kier alpha value is -0.390. The minimum absolute atomic E-state index is 0.0560. The second kappa shape index (κ2) is 49.3. The Balaban J connectivity index is -0.000000296. The Morgan fingerprint density at radius 3 is 1.29 bits per heavy atom. The summed E-state index contributed by atoms with van der Waals surface area (Å²) in [5, 5.41) is 11.5. The van der Waals surface area contributed by atoms with Crippen molar-refractivity contribution in [2.24, 2.45) is 0 Å². The fourth-order valence-corrected chi connectivity index (χ4v) is 3.82. The standard InChI is InChI=1S/C19H42NOP.C8H16O3.C4H8O.C3H8/c21-19-20-17-15-13-11-9-7-5-3-1-2-4-6-8-10-12-14-16-18-22;1-3-4-10-5-6-11-7-8(2)9;1-3-4(2)5;1-3-2/h20-21H,1-19,22H2;3-7H2,1-2H3;3H2,1-2H3;3H2,1-2H3. The molecule has 0 aliphatic carbocycles. The number of carbonyl (C=O) groups is 2. The van der Waals surface area contributed by atoms with Crippen molar-refractivity contribution in [1.29, 1.82) is 0 Å². The molecule has 41 heavy (non-hydrogen) atoms. The van der Waals surface area contributed by atoms with Crippen LogP contribution in [0.2, 0.25) is 0 Å². The number of ketones is 2. The highest BCUT2D eigenvalue weighted by Gasteiger charge is 1.95. The number of Topliss-reactive ketones (excluding diaryl/α,β-unsaturated/α-hetero) is 2. The lowest BCUT2D eigenvalue weighted by atomic mass is 10.0. The van der Waals surface area contributed by atoms with Crippen LogP contribution in [0.1, 0.15) is 164 Å². The predicted octanol–water partition coefficient (Wildman–Crippen LogP) is 9.06. The second-order valence-corrected chi connectivity index (χ2v) is 11.3. The summed E-state index contributed by atoms with van der Waals surface area (Å²) in [6, 6.07) is 0. The quantitative estimate of drug-likeness (QED) is 0.0550. The smallest absolute Gasteiger partial charge is 0.155 e. The summed E-state index contributed by atoms with van der Waals surface area (Å²) in [5.74, 6) is 0.311. The minimum atomic E-state index is 0.0560. The summed E-state index contributed by atoms with van der Waals surface area (Å²) in [5.41, 5.74) is 0. The lowest BCUT2D eigenvalue weighted by molar-refractivity contribution is -0.122. The third kappa shape index (κ3) is 68.5. The number of nitrogens with one attached hydrogen (secondary N) is 1. The van der Waals surface area contributed by atoms with Gasteiger partial charge in [0.2, 0.25) is 0 Å². The van der Waals surface area contributed by atoms with Gasteiger partial charge in [-0.15, -0.1) is 9.24 Å². The molecule has 0 bridgehead atoms. The first kappa shape index (κ1) is 47.5. The van der Waals surface area contributed by atoms with E-state index in [4.69, 9.17) is 14.6 Å². The van der Waals surface area contributed by atoms with Crippen LogP contribution in [-0.4, -0.2) is 62.5 Å². The number of ether oxygens (including phenoxy) is 2. The fourth-order valence-electron chi connectivity index (χ4n) is 3.53. The van der Waals surface area contributed by atoms with Gasteiger partial charge < -0.3 is 19.4 Å². The maximum atomic E-state index is 10.4. The summed E-state index contributed by atoms with van der Waals surface area (Å²) in [7, 11) is 2.82. The van der Waals surface area contributed by atoms with Crippen molar-refractivity contribution in [3.8, 4) is 0 Å². The van der Waals surface area contributed by atoms with E-state index in [9.17, 15) is 9.59 Å². The van der Waals surface area contributed by atoms with Crippen molar-refractivity contribution in [3.05, 3.63) is 0 Å². The average Bonchev–Trinajstić information content (AvgIpc) is 2.95. The summed E-state index contributed by atoms with van der Waals surface area (Å²) in [6.45, 7) is 14.4. The van der Waals surface area contributed by atoms with E-state index in [1.165, 1.54) is 122 Å². The predicted molar refractivity (Wildman–Crippen MR) is 183 cm³/mol. The molecule has 1 unspecified atom stereocenters. The molecule has 0 saturated carbocycles. The Labute approximate surface area is 259 Å². The van der Waals surface area contributed by atoms with Gasteiger partial charge in [-0.2, -0.15) is 0 Å². The lowest BCUT2D eigenvalue weighted by Crippen LogP contribution is -2.15. The number of aliphatic hydroxyl groups is 1. The van der Waals surface area contributed by atoms with Gasteiger partial charge in [0.1, 0.15) is 12.4 Å². The molecule has 0 amide bonds. The molecule has 0 aliphatic rings. The molecule has 0 aromatic carbocycles. The molecule has 7 heteroatoms. The first-order valence-electron chi connectivity index (χ1n) is 17.0. The number of hydrogen-bond acceptors (Lipinski definition) is 6. The molecule has 0 heterocycles. The number of unbranched alkanes of at least 4 members (excludes halogenated alkanes) is 15. The summed E-state index contributed by atoms with van der Waals surface area (Å²) in [4.78, 5) is 20.2. The van der Waals surface area contributed by atoms with Crippen LogP contribution in [0.4, 0.5) is 0 Å². The Bertz CT molecular complexity index is 446. The molecule has 0 radical (unpaired) electrons. The molecular weight excluding hydrogens is 533 g/mol. The maximum Gasteiger partial charge on any atom is 0.155 e. The molecule has 0 spiro atoms. The van der Waals surface area contributed by atoms with Gasteiger partial charge >= 0.3 is 0 Å². The molecule has 6 nitrogen and oxygen atoms in total. The van der Waals surface area contributed by atoms with Crippen LogP contribution >= 0.6 is 9.24 Å². The van der Waals surface area contributed by atoms with E-state index in [1.807, 2.05) is 6.92 Å². The van der Waals surface area contributed by atoms with Crippen molar-refractivity contribution in [1.82, 2.24) is 5.32 Å². The van der Waals surface area contributed by atoms with Gasteiger partial charge in [-0.25, -0.2) is 0 Å². The Morgan fingerprint density at radius 2 is 0.976 bits per heavy atom.